The Bertz CT molecular complexity index is 265. The molecule has 0 aromatic carbocycles. The van der Waals surface area contributed by atoms with Gasteiger partial charge >= 0.3 is 5.97 Å². The second-order valence-electron chi connectivity index (χ2n) is 5.90. The van der Waals surface area contributed by atoms with Crippen LogP contribution >= 0.6 is 0 Å². The summed E-state index contributed by atoms with van der Waals surface area (Å²) in [5, 5.41) is 8.56. The molecule has 1 aliphatic rings. The van der Waals surface area contributed by atoms with Crippen molar-refractivity contribution in [1.82, 2.24) is 0 Å². The van der Waals surface area contributed by atoms with Crippen molar-refractivity contribution in [2.75, 3.05) is 13.2 Å². The molecule has 1 unspecified atom stereocenters. The minimum absolute atomic E-state index is 0.0385. The third kappa shape index (κ3) is 4.25. The molecule has 0 spiro atoms. The molecule has 2 atom stereocenters. The number of carbonyl (C=O) groups excluding carboxylic acids is 1. The molecular weight excluding hydrogens is 232 g/mol. The van der Waals surface area contributed by atoms with Gasteiger partial charge in [0.05, 0.1) is 13.0 Å². The summed E-state index contributed by atoms with van der Waals surface area (Å²) in [5.74, 6) is 0.823. The van der Waals surface area contributed by atoms with Crippen molar-refractivity contribution in [3.05, 3.63) is 0 Å². The van der Waals surface area contributed by atoms with Crippen LogP contribution in [0.15, 0.2) is 0 Å². The standard InChI is InChI=1S/C14H26O4/c1-11(2)14(6-4-5-12(3)9-14)10-13(16)18-17-8-7-15/h11-12,15H,4-10H2,1-3H3/t12-,14?/m1/s1. The van der Waals surface area contributed by atoms with Gasteiger partial charge in [0.1, 0.15) is 6.61 Å². The fraction of sp³-hybridized carbons (Fsp3) is 0.929. The number of carbonyl (C=O) groups is 1. The Balaban J connectivity index is 2.54. The van der Waals surface area contributed by atoms with E-state index in [4.69, 9.17) is 9.99 Å². The topological polar surface area (TPSA) is 55.8 Å². The Hall–Kier alpha value is -0.610. The van der Waals surface area contributed by atoms with Crippen molar-refractivity contribution >= 4 is 5.97 Å². The summed E-state index contributed by atoms with van der Waals surface area (Å²) in [6.45, 7) is 6.51. The summed E-state index contributed by atoms with van der Waals surface area (Å²) in [6.07, 6.45) is 5.03. The monoisotopic (exact) mass is 258 g/mol. The maximum Gasteiger partial charge on any atom is 0.342 e. The van der Waals surface area contributed by atoms with E-state index in [2.05, 4.69) is 25.7 Å². The number of aliphatic hydroxyl groups is 1. The van der Waals surface area contributed by atoms with E-state index < -0.39 is 0 Å². The van der Waals surface area contributed by atoms with Gasteiger partial charge in [-0.2, -0.15) is 4.89 Å². The fourth-order valence-electron chi connectivity index (χ4n) is 3.05. The predicted octanol–water partition coefficient (Wildman–Crippen LogP) is 2.70. The van der Waals surface area contributed by atoms with E-state index in [1.54, 1.807) is 0 Å². The normalized spacial score (nSPS) is 28.4. The van der Waals surface area contributed by atoms with Gasteiger partial charge in [-0.3, -0.25) is 4.89 Å². The molecule has 0 saturated heterocycles. The van der Waals surface area contributed by atoms with E-state index in [1.165, 1.54) is 12.8 Å². The van der Waals surface area contributed by atoms with Crippen LogP contribution in [-0.2, 0) is 14.6 Å². The summed E-state index contributed by atoms with van der Waals surface area (Å²) in [7, 11) is 0. The molecule has 106 valence electrons. The molecule has 0 radical (unpaired) electrons. The van der Waals surface area contributed by atoms with E-state index in [9.17, 15) is 4.79 Å². The SMILES string of the molecule is CC(C)C1(CC(=O)OOCCO)CCC[C@@H](C)C1. The van der Waals surface area contributed by atoms with Crippen molar-refractivity contribution in [3.8, 4) is 0 Å². The molecule has 1 N–H and O–H groups in total. The predicted molar refractivity (Wildman–Crippen MR) is 68.6 cm³/mol. The largest absolute Gasteiger partial charge is 0.394 e. The van der Waals surface area contributed by atoms with Crippen LogP contribution in [-0.4, -0.2) is 24.3 Å². The fourth-order valence-corrected chi connectivity index (χ4v) is 3.05. The van der Waals surface area contributed by atoms with Gasteiger partial charge in [0.15, 0.2) is 0 Å². The first-order valence-electron chi connectivity index (χ1n) is 6.93. The molecule has 0 aliphatic heterocycles. The van der Waals surface area contributed by atoms with E-state index in [0.29, 0.717) is 18.3 Å². The highest BCUT2D eigenvalue weighted by Gasteiger charge is 2.40. The van der Waals surface area contributed by atoms with E-state index in [1.807, 2.05) is 0 Å². The third-order valence-electron chi connectivity index (χ3n) is 4.17. The lowest BCUT2D eigenvalue weighted by molar-refractivity contribution is -0.277. The van der Waals surface area contributed by atoms with Gasteiger partial charge < -0.3 is 5.11 Å². The Morgan fingerprint density at radius 3 is 2.78 bits per heavy atom. The second-order valence-corrected chi connectivity index (χ2v) is 5.90. The van der Waals surface area contributed by atoms with Crippen molar-refractivity contribution in [2.45, 2.75) is 52.9 Å². The Kier molecular flexibility index (Phi) is 6.09. The first-order valence-corrected chi connectivity index (χ1v) is 6.93. The molecule has 1 rings (SSSR count). The third-order valence-corrected chi connectivity index (χ3v) is 4.17. The lowest BCUT2D eigenvalue weighted by atomic mass is 9.62. The van der Waals surface area contributed by atoms with Gasteiger partial charge in [-0.25, -0.2) is 4.79 Å². The van der Waals surface area contributed by atoms with Crippen LogP contribution in [0.25, 0.3) is 0 Å². The van der Waals surface area contributed by atoms with Crippen LogP contribution < -0.4 is 0 Å². The van der Waals surface area contributed by atoms with Gasteiger partial charge in [0.2, 0.25) is 0 Å². The van der Waals surface area contributed by atoms with Crippen molar-refractivity contribution < 1.29 is 19.7 Å². The molecule has 0 bridgehead atoms. The smallest absolute Gasteiger partial charge is 0.342 e. The van der Waals surface area contributed by atoms with Gasteiger partial charge in [0, 0.05) is 0 Å². The molecular formula is C14H26O4. The van der Waals surface area contributed by atoms with Gasteiger partial charge in [-0.1, -0.05) is 33.6 Å². The van der Waals surface area contributed by atoms with Gasteiger partial charge in [-0.15, -0.1) is 0 Å². The summed E-state index contributed by atoms with van der Waals surface area (Å²) >= 11 is 0. The Morgan fingerprint density at radius 1 is 1.50 bits per heavy atom. The van der Waals surface area contributed by atoms with E-state index in [0.717, 1.165) is 12.8 Å². The number of rotatable bonds is 6. The molecule has 18 heavy (non-hydrogen) atoms. The lowest BCUT2D eigenvalue weighted by Crippen LogP contribution is -2.35. The summed E-state index contributed by atoms with van der Waals surface area (Å²) < 4.78 is 0. The van der Waals surface area contributed by atoms with E-state index >= 15 is 0 Å². The second kappa shape index (κ2) is 7.10. The maximum absolute atomic E-state index is 11.8. The first-order chi connectivity index (χ1) is 8.50. The van der Waals surface area contributed by atoms with Crippen LogP contribution in [0.4, 0.5) is 0 Å². The first kappa shape index (κ1) is 15.4. The average molecular weight is 258 g/mol. The Labute approximate surface area is 110 Å². The van der Waals surface area contributed by atoms with Crippen LogP contribution in [0.1, 0.15) is 52.9 Å². The number of hydrogen-bond donors (Lipinski definition) is 1. The molecule has 4 heteroatoms. The number of aliphatic hydroxyl groups excluding tert-OH is 1. The molecule has 0 aromatic rings. The summed E-state index contributed by atoms with van der Waals surface area (Å²) in [5.41, 5.74) is 0.0529. The summed E-state index contributed by atoms with van der Waals surface area (Å²) in [4.78, 5) is 21.1. The minimum atomic E-state index is -0.314. The van der Waals surface area contributed by atoms with Crippen molar-refractivity contribution in [1.29, 1.82) is 0 Å². The van der Waals surface area contributed by atoms with E-state index in [-0.39, 0.29) is 24.6 Å². The molecule has 4 nitrogen and oxygen atoms in total. The highest BCUT2D eigenvalue weighted by atomic mass is 17.2. The van der Waals surface area contributed by atoms with Crippen LogP contribution in [0.2, 0.25) is 0 Å². The van der Waals surface area contributed by atoms with Crippen LogP contribution in [0.3, 0.4) is 0 Å². The maximum atomic E-state index is 11.8. The molecule has 0 aromatic heterocycles. The van der Waals surface area contributed by atoms with Crippen molar-refractivity contribution in [2.24, 2.45) is 17.3 Å². The Morgan fingerprint density at radius 2 is 2.22 bits per heavy atom. The van der Waals surface area contributed by atoms with Crippen molar-refractivity contribution in [3.63, 3.8) is 0 Å². The zero-order valence-electron chi connectivity index (χ0n) is 11.8. The molecule has 1 aliphatic carbocycles. The highest BCUT2D eigenvalue weighted by Crippen LogP contribution is 2.47. The number of hydrogen-bond acceptors (Lipinski definition) is 4. The molecule has 1 saturated carbocycles. The zero-order valence-corrected chi connectivity index (χ0v) is 11.8. The molecule has 1 fully saturated rings. The quantitative estimate of drug-likeness (QED) is 0.452. The van der Waals surface area contributed by atoms with Gasteiger partial charge in [-0.05, 0) is 30.1 Å². The molecule has 0 amide bonds. The lowest BCUT2D eigenvalue weighted by Gasteiger charge is -2.42. The summed E-state index contributed by atoms with van der Waals surface area (Å²) in [6, 6.07) is 0. The minimum Gasteiger partial charge on any atom is -0.394 e. The van der Waals surface area contributed by atoms with Gasteiger partial charge in [0.25, 0.3) is 0 Å². The zero-order chi connectivity index (χ0) is 13.6. The van der Waals surface area contributed by atoms with Crippen LogP contribution in [0.5, 0.6) is 0 Å². The average Bonchev–Trinajstić information content (AvgIpc) is 2.29. The van der Waals surface area contributed by atoms with Crippen LogP contribution in [0, 0.1) is 17.3 Å². The molecule has 0 heterocycles. The highest BCUT2D eigenvalue weighted by molar-refractivity contribution is 5.69.